The number of anilines is 2. The summed E-state index contributed by atoms with van der Waals surface area (Å²) in [5.41, 5.74) is 2.71. The summed E-state index contributed by atoms with van der Waals surface area (Å²) in [7, 11) is 0. The van der Waals surface area contributed by atoms with Crippen LogP contribution in [0, 0.1) is 0 Å². The van der Waals surface area contributed by atoms with Gasteiger partial charge in [-0.05, 0) is 36.2 Å². The molecule has 0 bridgehead atoms. The molecule has 0 saturated carbocycles. The van der Waals surface area contributed by atoms with Gasteiger partial charge >= 0.3 is 0 Å². The standard InChI is InChI=1S/C25H26N4O2/c30-23(14-13-20-8-3-1-4-9-20)27-25(31)22-12-7-15-26-24(22)29-18-16-28(17-19-29)21-10-5-2-6-11-21/h1-12,15H,13-14,16-19H2,(H,27,30,31). The molecule has 2 amide bonds. The van der Waals surface area contributed by atoms with Crippen molar-refractivity contribution >= 4 is 23.3 Å². The number of piperazine rings is 1. The lowest BCUT2D eigenvalue weighted by Gasteiger charge is -2.37. The first kappa shape index (κ1) is 20.6. The fraction of sp³-hybridized carbons (Fsp3) is 0.240. The van der Waals surface area contributed by atoms with E-state index in [1.165, 1.54) is 5.69 Å². The fourth-order valence-electron chi connectivity index (χ4n) is 3.80. The summed E-state index contributed by atoms with van der Waals surface area (Å²) >= 11 is 0. The number of carbonyl (C=O) groups excluding carboxylic acids is 2. The second-order valence-corrected chi connectivity index (χ2v) is 7.55. The van der Waals surface area contributed by atoms with Crippen molar-refractivity contribution in [3.05, 3.63) is 90.1 Å². The highest BCUT2D eigenvalue weighted by molar-refractivity contribution is 6.07. The number of nitrogens with zero attached hydrogens (tertiary/aromatic N) is 3. The van der Waals surface area contributed by atoms with E-state index < -0.39 is 5.91 Å². The third kappa shape index (κ3) is 5.28. The third-order valence-corrected chi connectivity index (χ3v) is 5.47. The van der Waals surface area contributed by atoms with E-state index in [1.807, 2.05) is 48.5 Å². The molecule has 31 heavy (non-hydrogen) atoms. The van der Waals surface area contributed by atoms with Gasteiger partial charge in [-0.1, -0.05) is 48.5 Å². The zero-order valence-electron chi connectivity index (χ0n) is 17.4. The van der Waals surface area contributed by atoms with Crippen LogP contribution in [-0.4, -0.2) is 43.0 Å². The van der Waals surface area contributed by atoms with Gasteiger partial charge in [0.15, 0.2) is 0 Å². The Morgan fingerprint density at radius 2 is 1.45 bits per heavy atom. The Morgan fingerprint density at radius 3 is 2.16 bits per heavy atom. The lowest BCUT2D eigenvalue weighted by molar-refractivity contribution is -0.120. The van der Waals surface area contributed by atoms with Crippen LogP contribution in [0.2, 0.25) is 0 Å². The van der Waals surface area contributed by atoms with Crippen molar-refractivity contribution in [2.75, 3.05) is 36.0 Å². The minimum absolute atomic E-state index is 0.265. The molecule has 1 aliphatic heterocycles. The molecular weight excluding hydrogens is 388 g/mol. The number of rotatable bonds is 6. The summed E-state index contributed by atoms with van der Waals surface area (Å²) < 4.78 is 0. The van der Waals surface area contributed by atoms with Gasteiger partial charge in [0.1, 0.15) is 5.82 Å². The van der Waals surface area contributed by atoms with Gasteiger partial charge in [0.25, 0.3) is 5.91 Å². The first-order valence-corrected chi connectivity index (χ1v) is 10.6. The zero-order valence-corrected chi connectivity index (χ0v) is 17.4. The Hall–Kier alpha value is -3.67. The van der Waals surface area contributed by atoms with Crippen molar-refractivity contribution < 1.29 is 9.59 Å². The lowest BCUT2D eigenvalue weighted by atomic mass is 10.1. The predicted octanol–water partition coefficient (Wildman–Crippen LogP) is 3.30. The summed E-state index contributed by atoms with van der Waals surface area (Å²) in [5.74, 6) is -0.0484. The van der Waals surface area contributed by atoms with E-state index in [0.717, 1.165) is 31.7 Å². The van der Waals surface area contributed by atoms with Gasteiger partial charge in [-0.2, -0.15) is 0 Å². The zero-order chi connectivity index (χ0) is 21.5. The first-order chi connectivity index (χ1) is 15.2. The van der Waals surface area contributed by atoms with Crippen LogP contribution in [0.5, 0.6) is 0 Å². The molecule has 1 fully saturated rings. The average Bonchev–Trinajstić information content (AvgIpc) is 2.84. The molecule has 1 N–H and O–H groups in total. The molecule has 2 aromatic carbocycles. The third-order valence-electron chi connectivity index (χ3n) is 5.47. The summed E-state index contributed by atoms with van der Waals surface area (Å²) in [6, 6.07) is 23.5. The molecule has 6 nitrogen and oxygen atoms in total. The predicted molar refractivity (Wildman–Crippen MR) is 122 cm³/mol. The maximum absolute atomic E-state index is 12.8. The maximum atomic E-state index is 12.8. The summed E-state index contributed by atoms with van der Waals surface area (Å²) in [6.45, 7) is 3.21. The number of carbonyl (C=O) groups is 2. The number of pyridine rings is 1. The highest BCUT2D eigenvalue weighted by atomic mass is 16.2. The molecule has 2 heterocycles. The van der Waals surface area contributed by atoms with E-state index in [-0.39, 0.29) is 12.3 Å². The summed E-state index contributed by atoms with van der Waals surface area (Å²) in [4.78, 5) is 34.0. The normalized spacial score (nSPS) is 13.7. The topological polar surface area (TPSA) is 65.5 Å². The smallest absolute Gasteiger partial charge is 0.261 e. The van der Waals surface area contributed by atoms with E-state index >= 15 is 0 Å². The first-order valence-electron chi connectivity index (χ1n) is 10.6. The molecule has 4 rings (SSSR count). The SMILES string of the molecule is O=C(CCc1ccccc1)NC(=O)c1cccnc1N1CCN(c2ccccc2)CC1. The minimum atomic E-state index is -0.397. The number of nitrogens with one attached hydrogen (secondary N) is 1. The highest BCUT2D eigenvalue weighted by Gasteiger charge is 2.23. The van der Waals surface area contributed by atoms with E-state index in [4.69, 9.17) is 0 Å². The number of para-hydroxylation sites is 1. The number of benzene rings is 2. The molecule has 0 unspecified atom stereocenters. The van der Waals surface area contributed by atoms with Gasteiger partial charge < -0.3 is 9.80 Å². The van der Waals surface area contributed by atoms with Crippen LogP contribution in [0.3, 0.4) is 0 Å². The molecule has 0 atom stereocenters. The Kier molecular flexibility index (Phi) is 6.57. The Labute approximate surface area is 182 Å². The van der Waals surface area contributed by atoms with Crippen LogP contribution in [0.1, 0.15) is 22.3 Å². The quantitative estimate of drug-likeness (QED) is 0.671. The molecule has 1 aromatic heterocycles. The van der Waals surface area contributed by atoms with Crippen LogP contribution < -0.4 is 15.1 Å². The Morgan fingerprint density at radius 1 is 0.806 bits per heavy atom. The van der Waals surface area contributed by atoms with Gasteiger partial charge in [-0.15, -0.1) is 0 Å². The van der Waals surface area contributed by atoms with Crippen LogP contribution in [-0.2, 0) is 11.2 Å². The van der Waals surface area contributed by atoms with Crippen LogP contribution in [0.25, 0.3) is 0 Å². The average molecular weight is 415 g/mol. The summed E-state index contributed by atoms with van der Waals surface area (Å²) in [5, 5.41) is 2.53. The van der Waals surface area contributed by atoms with Crippen molar-refractivity contribution in [3.63, 3.8) is 0 Å². The number of amides is 2. The van der Waals surface area contributed by atoms with Gasteiger partial charge in [-0.3, -0.25) is 14.9 Å². The minimum Gasteiger partial charge on any atom is -0.368 e. The fourth-order valence-corrected chi connectivity index (χ4v) is 3.80. The van der Waals surface area contributed by atoms with Crippen molar-refractivity contribution in [2.24, 2.45) is 0 Å². The van der Waals surface area contributed by atoms with Gasteiger partial charge in [0.05, 0.1) is 5.56 Å². The largest absolute Gasteiger partial charge is 0.368 e. The molecule has 0 spiro atoms. The van der Waals surface area contributed by atoms with Crippen molar-refractivity contribution in [2.45, 2.75) is 12.8 Å². The molecule has 0 aliphatic carbocycles. The molecule has 3 aromatic rings. The molecular formula is C25H26N4O2. The molecule has 1 aliphatic rings. The van der Waals surface area contributed by atoms with Gasteiger partial charge in [0, 0.05) is 44.5 Å². The monoisotopic (exact) mass is 414 g/mol. The Balaban J connectivity index is 1.37. The number of hydrogen-bond donors (Lipinski definition) is 1. The number of hydrogen-bond acceptors (Lipinski definition) is 5. The van der Waals surface area contributed by atoms with Crippen LogP contribution >= 0.6 is 0 Å². The molecule has 0 radical (unpaired) electrons. The van der Waals surface area contributed by atoms with Crippen molar-refractivity contribution in [3.8, 4) is 0 Å². The second-order valence-electron chi connectivity index (χ2n) is 7.55. The van der Waals surface area contributed by atoms with Crippen LogP contribution in [0.4, 0.5) is 11.5 Å². The van der Waals surface area contributed by atoms with Gasteiger partial charge in [-0.25, -0.2) is 4.98 Å². The lowest BCUT2D eigenvalue weighted by Crippen LogP contribution is -2.47. The van der Waals surface area contributed by atoms with E-state index in [0.29, 0.717) is 17.8 Å². The number of imide groups is 1. The number of aryl methyl sites for hydroxylation is 1. The van der Waals surface area contributed by atoms with Crippen molar-refractivity contribution in [1.29, 1.82) is 0 Å². The molecule has 158 valence electrons. The van der Waals surface area contributed by atoms with Gasteiger partial charge in [0.2, 0.25) is 5.91 Å². The summed E-state index contributed by atoms with van der Waals surface area (Å²) in [6.07, 6.45) is 2.55. The van der Waals surface area contributed by atoms with E-state index in [1.54, 1.807) is 18.3 Å². The van der Waals surface area contributed by atoms with E-state index in [2.05, 4.69) is 32.2 Å². The second kappa shape index (κ2) is 9.89. The highest BCUT2D eigenvalue weighted by Crippen LogP contribution is 2.22. The van der Waals surface area contributed by atoms with Crippen LogP contribution in [0.15, 0.2) is 79.0 Å². The molecule has 6 heteroatoms. The maximum Gasteiger partial charge on any atom is 0.261 e. The van der Waals surface area contributed by atoms with Crippen molar-refractivity contribution in [1.82, 2.24) is 10.3 Å². The van der Waals surface area contributed by atoms with E-state index in [9.17, 15) is 9.59 Å². The Bertz CT molecular complexity index is 1020. The molecule has 1 saturated heterocycles. The number of aromatic nitrogens is 1.